The number of benzene rings is 1. The second-order valence-corrected chi connectivity index (χ2v) is 8.99. The van der Waals surface area contributed by atoms with E-state index in [1.54, 1.807) is 17.3 Å². The molecule has 1 saturated carbocycles. The van der Waals surface area contributed by atoms with Crippen LogP contribution in [-0.4, -0.2) is 51.0 Å². The van der Waals surface area contributed by atoms with E-state index in [0.717, 1.165) is 31.0 Å². The first-order valence-corrected chi connectivity index (χ1v) is 11.9. The highest BCUT2D eigenvalue weighted by molar-refractivity contribution is 5.50. The van der Waals surface area contributed by atoms with Crippen molar-refractivity contribution in [1.29, 1.82) is 5.26 Å². The van der Waals surface area contributed by atoms with Crippen LogP contribution in [0.1, 0.15) is 44.1 Å². The summed E-state index contributed by atoms with van der Waals surface area (Å²) in [6.07, 6.45) is 12.2. The maximum absolute atomic E-state index is 9.07. The number of pyridine rings is 1. The SMILES string of the molecule is N#Cc1ccc(N2CCC[C@H](N[C@@H]3CCCC[C@H]3Nc3cc(-n4cncn4)ccn3)C2)cc1. The third-order valence-corrected chi connectivity index (χ3v) is 6.76. The molecule has 170 valence electrons. The molecule has 1 saturated heterocycles. The summed E-state index contributed by atoms with van der Waals surface area (Å²) >= 11 is 0. The van der Waals surface area contributed by atoms with Crippen molar-refractivity contribution in [2.45, 2.75) is 56.7 Å². The zero-order valence-corrected chi connectivity index (χ0v) is 18.8. The van der Waals surface area contributed by atoms with Crippen molar-refractivity contribution in [3.8, 4) is 11.8 Å². The lowest BCUT2D eigenvalue weighted by molar-refractivity contribution is 0.293. The predicted octanol–water partition coefficient (Wildman–Crippen LogP) is 3.52. The molecule has 3 atom stereocenters. The first-order chi connectivity index (χ1) is 16.3. The average Bonchev–Trinajstić information content (AvgIpc) is 3.41. The van der Waals surface area contributed by atoms with Crippen molar-refractivity contribution in [2.24, 2.45) is 0 Å². The zero-order valence-electron chi connectivity index (χ0n) is 18.8. The van der Waals surface area contributed by atoms with Gasteiger partial charge in [-0.2, -0.15) is 10.4 Å². The standard InChI is InChI=1S/C25H30N8/c26-15-19-7-9-21(10-8-19)32-13-3-4-20(16-32)30-23-5-1-2-6-24(23)31-25-14-22(11-12-28-25)33-18-27-17-29-33/h7-12,14,17-18,20,23-24,30H,1-6,13,16H2,(H,28,31)/t20-,23+,24+/m0/s1. The molecule has 1 aliphatic heterocycles. The molecule has 5 rings (SSSR count). The normalized spacial score (nSPS) is 23.1. The summed E-state index contributed by atoms with van der Waals surface area (Å²) in [4.78, 5) is 11.0. The van der Waals surface area contributed by atoms with E-state index in [2.05, 4.69) is 48.8 Å². The topological polar surface area (TPSA) is 94.7 Å². The Morgan fingerprint density at radius 2 is 1.82 bits per heavy atom. The molecule has 1 aromatic carbocycles. The highest BCUT2D eigenvalue weighted by Crippen LogP contribution is 2.25. The van der Waals surface area contributed by atoms with Crippen LogP contribution in [0.3, 0.4) is 0 Å². The molecule has 1 aliphatic carbocycles. The molecule has 2 aliphatic rings. The van der Waals surface area contributed by atoms with Crippen molar-refractivity contribution in [3.05, 3.63) is 60.8 Å². The Balaban J connectivity index is 1.23. The van der Waals surface area contributed by atoms with Crippen LogP contribution >= 0.6 is 0 Å². The third-order valence-electron chi connectivity index (χ3n) is 6.76. The summed E-state index contributed by atoms with van der Waals surface area (Å²) in [6, 6.07) is 15.4. The minimum absolute atomic E-state index is 0.350. The molecule has 2 fully saturated rings. The van der Waals surface area contributed by atoms with Gasteiger partial charge in [-0.05, 0) is 56.0 Å². The summed E-state index contributed by atoms with van der Waals surface area (Å²) in [5.74, 6) is 0.879. The van der Waals surface area contributed by atoms with Crippen LogP contribution in [0.2, 0.25) is 0 Å². The fourth-order valence-electron chi connectivity index (χ4n) is 5.07. The van der Waals surface area contributed by atoms with E-state index in [4.69, 9.17) is 5.26 Å². The van der Waals surface area contributed by atoms with Gasteiger partial charge in [0, 0.05) is 49.2 Å². The van der Waals surface area contributed by atoms with Crippen LogP contribution in [0, 0.1) is 11.3 Å². The van der Waals surface area contributed by atoms with Gasteiger partial charge in [0.15, 0.2) is 0 Å². The van der Waals surface area contributed by atoms with E-state index in [-0.39, 0.29) is 0 Å². The van der Waals surface area contributed by atoms with E-state index in [9.17, 15) is 0 Å². The number of anilines is 2. The number of nitrogens with one attached hydrogen (secondary N) is 2. The fraction of sp³-hybridized carbons (Fsp3) is 0.440. The summed E-state index contributed by atoms with van der Waals surface area (Å²) in [5, 5.41) is 21.0. The van der Waals surface area contributed by atoms with Gasteiger partial charge >= 0.3 is 0 Å². The first-order valence-electron chi connectivity index (χ1n) is 11.9. The third kappa shape index (κ3) is 5.15. The van der Waals surface area contributed by atoms with Gasteiger partial charge in [-0.1, -0.05) is 12.8 Å². The first kappa shape index (κ1) is 21.4. The van der Waals surface area contributed by atoms with Crippen LogP contribution in [-0.2, 0) is 0 Å². The lowest BCUT2D eigenvalue weighted by atomic mass is 9.89. The van der Waals surface area contributed by atoms with E-state index in [1.165, 1.54) is 37.8 Å². The number of hydrogen-bond donors (Lipinski definition) is 2. The Kier molecular flexibility index (Phi) is 6.49. The molecular weight excluding hydrogens is 412 g/mol. The summed E-state index contributed by atoms with van der Waals surface area (Å²) in [7, 11) is 0. The van der Waals surface area contributed by atoms with Crippen molar-refractivity contribution >= 4 is 11.5 Å². The van der Waals surface area contributed by atoms with Gasteiger partial charge in [0.05, 0.1) is 17.3 Å². The Bertz CT molecular complexity index is 1070. The van der Waals surface area contributed by atoms with Crippen molar-refractivity contribution < 1.29 is 0 Å². The smallest absolute Gasteiger partial charge is 0.138 e. The van der Waals surface area contributed by atoms with Gasteiger partial charge in [-0.25, -0.2) is 14.6 Å². The molecule has 0 unspecified atom stereocenters. The number of rotatable bonds is 6. The molecule has 8 nitrogen and oxygen atoms in total. The second kappa shape index (κ2) is 10.0. The largest absolute Gasteiger partial charge is 0.370 e. The molecule has 33 heavy (non-hydrogen) atoms. The molecule has 2 N–H and O–H groups in total. The van der Waals surface area contributed by atoms with Gasteiger partial charge < -0.3 is 15.5 Å². The quantitative estimate of drug-likeness (QED) is 0.603. The average molecular weight is 443 g/mol. The van der Waals surface area contributed by atoms with Crippen LogP contribution < -0.4 is 15.5 Å². The highest BCUT2D eigenvalue weighted by Gasteiger charge is 2.29. The summed E-state index contributed by atoms with van der Waals surface area (Å²) < 4.78 is 1.75. The van der Waals surface area contributed by atoms with Crippen LogP contribution in [0.5, 0.6) is 0 Å². The fourth-order valence-corrected chi connectivity index (χ4v) is 5.07. The molecule has 0 radical (unpaired) electrons. The van der Waals surface area contributed by atoms with Crippen molar-refractivity contribution in [1.82, 2.24) is 25.1 Å². The van der Waals surface area contributed by atoms with E-state index >= 15 is 0 Å². The molecule has 3 heterocycles. The lowest BCUT2D eigenvalue weighted by Gasteiger charge is -2.40. The number of nitriles is 1. The number of piperidine rings is 1. The number of nitrogens with zero attached hydrogens (tertiary/aromatic N) is 6. The lowest BCUT2D eigenvalue weighted by Crippen LogP contribution is -2.55. The monoisotopic (exact) mass is 442 g/mol. The van der Waals surface area contributed by atoms with E-state index in [0.29, 0.717) is 23.7 Å². The van der Waals surface area contributed by atoms with E-state index in [1.807, 2.05) is 30.5 Å². The number of aromatic nitrogens is 4. The molecule has 3 aromatic rings. The second-order valence-electron chi connectivity index (χ2n) is 8.99. The number of hydrogen-bond acceptors (Lipinski definition) is 7. The van der Waals surface area contributed by atoms with Gasteiger partial charge in [0.25, 0.3) is 0 Å². The van der Waals surface area contributed by atoms with Gasteiger partial charge in [-0.3, -0.25) is 0 Å². The Morgan fingerprint density at radius 3 is 2.61 bits per heavy atom. The molecule has 2 aromatic heterocycles. The minimum Gasteiger partial charge on any atom is -0.370 e. The van der Waals surface area contributed by atoms with Gasteiger partial charge in [-0.15, -0.1) is 0 Å². The van der Waals surface area contributed by atoms with Gasteiger partial charge in [0.2, 0.25) is 0 Å². The Morgan fingerprint density at radius 1 is 0.970 bits per heavy atom. The molecule has 0 bridgehead atoms. The summed E-state index contributed by atoms with van der Waals surface area (Å²) in [5.41, 5.74) is 2.87. The molecule has 8 heteroatoms. The summed E-state index contributed by atoms with van der Waals surface area (Å²) in [6.45, 7) is 2.06. The predicted molar refractivity (Wildman–Crippen MR) is 128 cm³/mol. The minimum atomic E-state index is 0.350. The Hall–Kier alpha value is -3.44. The Labute approximate surface area is 194 Å². The molecule has 0 amide bonds. The van der Waals surface area contributed by atoms with Crippen LogP contribution in [0.25, 0.3) is 5.69 Å². The zero-order chi connectivity index (χ0) is 22.5. The molecule has 0 spiro atoms. The van der Waals surface area contributed by atoms with E-state index < -0.39 is 0 Å². The molecular formula is C25H30N8. The highest BCUT2D eigenvalue weighted by atomic mass is 15.3. The van der Waals surface area contributed by atoms with Crippen molar-refractivity contribution in [2.75, 3.05) is 23.3 Å². The van der Waals surface area contributed by atoms with Gasteiger partial charge in [0.1, 0.15) is 18.5 Å². The van der Waals surface area contributed by atoms with Crippen LogP contribution in [0.4, 0.5) is 11.5 Å². The maximum Gasteiger partial charge on any atom is 0.138 e. The maximum atomic E-state index is 9.07. The van der Waals surface area contributed by atoms with Crippen molar-refractivity contribution in [3.63, 3.8) is 0 Å². The van der Waals surface area contributed by atoms with Crippen LogP contribution in [0.15, 0.2) is 55.2 Å².